The summed E-state index contributed by atoms with van der Waals surface area (Å²) in [5.74, 6) is -3.86. The number of halogens is 1. The fraction of sp³-hybridized carbons (Fsp3) is 0.222. The van der Waals surface area contributed by atoms with E-state index < -0.39 is 44.0 Å². The minimum atomic E-state index is -4.03. The van der Waals surface area contributed by atoms with Crippen molar-refractivity contribution in [3.05, 3.63) is 83.7 Å². The number of amides is 3. The molecule has 194 valence electrons. The molecule has 0 aliphatic carbocycles. The average Bonchev–Trinajstić information content (AvgIpc) is 2.83. The molecule has 0 spiro atoms. The molecule has 0 heterocycles. The summed E-state index contributed by atoms with van der Waals surface area (Å²) in [5, 5.41) is 2.23. The molecule has 3 aromatic rings. The molecule has 0 aromatic heterocycles. The number of nitrogens with zero attached hydrogens (tertiary/aromatic N) is 1. The number of carbonyl (C=O) groups is 3. The van der Waals surface area contributed by atoms with Crippen LogP contribution in [0.15, 0.2) is 71.6 Å². The van der Waals surface area contributed by atoms with Crippen LogP contribution >= 0.6 is 0 Å². The molecule has 0 aliphatic heterocycles. The fourth-order valence-corrected chi connectivity index (χ4v) is 4.90. The molecule has 10 heteroatoms. The van der Waals surface area contributed by atoms with Crippen molar-refractivity contribution in [3.8, 4) is 11.1 Å². The third-order valence-corrected chi connectivity index (χ3v) is 6.59. The van der Waals surface area contributed by atoms with Crippen LogP contribution in [-0.2, 0) is 26.0 Å². The Morgan fingerprint density at radius 2 is 1.68 bits per heavy atom. The van der Waals surface area contributed by atoms with Gasteiger partial charge in [0, 0.05) is 30.5 Å². The van der Waals surface area contributed by atoms with Crippen molar-refractivity contribution in [3.63, 3.8) is 0 Å². The first kappa shape index (κ1) is 27.5. The number of carbonyl (C=O) groups excluding carboxylic acids is 3. The van der Waals surface area contributed by atoms with Gasteiger partial charge in [-0.05, 0) is 35.2 Å². The van der Waals surface area contributed by atoms with Crippen LogP contribution in [-0.4, -0.2) is 43.8 Å². The summed E-state index contributed by atoms with van der Waals surface area (Å²) < 4.78 is 40.4. The van der Waals surface area contributed by atoms with Crippen molar-refractivity contribution in [1.82, 2.24) is 4.90 Å². The summed E-state index contributed by atoms with van der Waals surface area (Å²) in [5.41, 5.74) is 6.36. The number of rotatable bonds is 8. The molecule has 0 bridgehead atoms. The standard InChI is InChI=1S/C27H28FN3O5S/c1-17(2)15-31(16-18-8-7-11-20(14-18)25(29)32)27(34)26(33)30-22-13-12-21(19-9-5-4-6-10-19)24(23(22)28)37(3,35)36/h4-14,17H,15-16H2,1-3H3,(H2,29,32)(H,30,33). The molecule has 0 saturated carbocycles. The molecule has 0 atom stereocenters. The number of benzene rings is 3. The molecule has 3 N–H and O–H groups in total. The minimum Gasteiger partial charge on any atom is -0.366 e. The van der Waals surface area contributed by atoms with Crippen LogP contribution in [0.2, 0.25) is 0 Å². The van der Waals surface area contributed by atoms with Crippen LogP contribution < -0.4 is 11.1 Å². The summed E-state index contributed by atoms with van der Waals surface area (Å²) in [6.07, 6.45) is 0.874. The van der Waals surface area contributed by atoms with E-state index in [-0.39, 0.29) is 30.1 Å². The van der Waals surface area contributed by atoms with Gasteiger partial charge in [0.05, 0.1) is 5.69 Å². The lowest BCUT2D eigenvalue weighted by atomic mass is 10.0. The highest BCUT2D eigenvalue weighted by Gasteiger charge is 2.27. The first-order valence-electron chi connectivity index (χ1n) is 11.5. The molecule has 3 aromatic carbocycles. The third-order valence-electron chi connectivity index (χ3n) is 5.45. The lowest BCUT2D eigenvalue weighted by molar-refractivity contribution is -0.143. The molecule has 0 aliphatic rings. The predicted molar refractivity (Wildman–Crippen MR) is 139 cm³/mol. The maximum Gasteiger partial charge on any atom is 0.313 e. The van der Waals surface area contributed by atoms with Crippen molar-refractivity contribution in [1.29, 1.82) is 0 Å². The monoisotopic (exact) mass is 525 g/mol. The van der Waals surface area contributed by atoms with Crippen LogP contribution in [0, 0.1) is 11.7 Å². The van der Waals surface area contributed by atoms with Crippen LogP contribution in [0.4, 0.5) is 10.1 Å². The topological polar surface area (TPSA) is 127 Å². The molecule has 0 radical (unpaired) electrons. The van der Waals surface area contributed by atoms with E-state index in [4.69, 9.17) is 5.73 Å². The Morgan fingerprint density at radius 3 is 2.27 bits per heavy atom. The molecular weight excluding hydrogens is 497 g/mol. The highest BCUT2D eigenvalue weighted by molar-refractivity contribution is 7.90. The Hall–Kier alpha value is -4.05. The largest absolute Gasteiger partial charge is 0.366 e. The fourth-order valence-electron chi connectivity index (χ4n) is 3.88. The lowest BCUT2D eigenvalue weighted by Crippen LogP contribution is -2.41. The van der Waals surface area contributed by atoms with Crippen LogP contribution in [0.25, 0.3) is 11.1 Å². The first-order chi connectivity index (χ1) is 17.4. The summed E-state index contributed by atoms with van der Waals surface area (Å²) in [6, 6.07) is 17.4. The number of nitrogens with two attached hydrogens (primary N) is 1. The first-order valence-corrected chi connectivity index (χ1v) is 13.3. The highest BCUT2D eigenvalue weighted by atomic mass is 32.2. The second-order valence-corrected chi connectivity index (χ2v) is 11.0. The van der Waals surface area contributed by atoms with E-state index in [2.05, 4.69) is 5.32 Å². The van der Waals surface area contributed by atoms with E-state index >= 15 is 4.39 Å². The second kappa shape index (κ2) is 11.3. The quantitative estimate of drug-likeness (QED) is 0.435. The SMILES string of the molecule is CC(C)CN(Cc1cccc(C(N)=O)c1)C(=O)C(=O)Nc1ccc(-c2ccccc2)c(S(C)(=O)=O)c1F. The van der Waals surface area contributed by atoms with Crippen LogP contribution in [0.5, 0.6) is 0 Å². The van der Waals surface area contributed by atoms with E-state index in [1.54, 1.807) is 42.5 Å². The van der Waals surface area contributed by atoms with Gasteiger partial charge in [0.1, 0.15) is 4.90 Å². The summed E-state index contributed by atoms with van der Waals surface area (Å²) in [4.78, 5) is 38.1. The number of primary amides is 1. The van der Waals surface area contributed by atoms with Crippen LogP contribution in [0.3, 0.4) is 0 Å². The van der Waals surface area contributed by atoms with E-state index in [1.807, 2.05) is 13.8 Å². The van der Waals surface area contributed by atoms with Crippen molar-refractivity contribution >= 4 is 33.2 Å². The minimum absolute atomic E-state index is 0.00481. The smallest absolute Gasteiger partial charge is 0.313 e. The Morgan fingerprint density at radius 1 is 1.00 bits per heavy atom. The van der Waals surface area contributed by atoms with E-state index in [1.165, 1.54) is 29.2 Å². The highest BCUT2D eigenvalue weighted by Crippen LogP contribution is 2.33. The van der Waals surface area contributed by atoms with Gasteiger partial charge in [-0.3, -0.25) is 14.4 Å². The zero-order valence-electron chi connectivity index (χ0n) is 20.7. The molecule has 0 unspecified atom stereocenters. The Balaban J connectivity index is 1.91. The average molecular weight is 526 g/mol. The van der Waals surface area contributed by atoms with Gasteiger partial charge < -0.3 is 16.0 Å². The van der Waals surface area contributed by atoms with Gasteiger partial charge in [-0.15, -0.1) is 0 Å². The van der Waals surface area contributed by atoms with Crippen molar-refractivity contribution < 1.29 is 27.2 Å². The van der Waals surface area contributed by atoms with Crippen molar-refractivity contribution in [2.75, 3.05) is 18.1 Å². The second-order valence-electron chi connectivity index (χ2n) is 9.04. The third kappa shape index (κ3) is 6.79. The van der Waals surface area contributed by atoms with Gasteiger partial charge in [-0.25, -0.2) is 12.8 Å². The predicted octanol–water partition coefficient (Wildman–Crippen LogP) is 3.62. The lowest BCUT2D eigenvalue weighted by Gasteiger charge is -2.24. The van der Waals surface area contributed by atoms with E-state index in [0.717, 1.165) is 6.26 Å². The molecular formula is C27H28FN3O5S. The molecule has 0 fully saturated rings. The maximum atomic E-state index is 15.5. The Bertz CT molecular complexity index is 1440. The maximum absolute atomic E-state index is 15.5. The zero-order chi connectivity index (χ0) is 27.3. The van der Waals surface area contributed by atoms with Gasteiger partial charge in [-0.2, -0.15) is 0 Å². The number of hydrogen-bond acceptors (Lipinski definition) is 5. The summed E-state index contributed by atoms with van der Waals surface area (Å²) in [6.45, 7) is 3.93. The van der Waals surface area contributed by atoms with Crippen LogP contribution in [0.1, 0.15) is 29.8 Å². The molecule has 3 rings (SSSR count). The molecule has 0 saturated heterocycles. The normalized spacial score (nSPS) is 11.3. The van der Waals surface area contributed by atoms with Gasteiger partial charge in [0.15, 0.2) is 15.7 Å². The molecule has 8 nitrogen and oxygen atoms in total. The van der Waals surface area contributed by atoms with Gasteiger partial charge in [0.2, 0.25) is 5.91 Å². The number of hydrogen-bond donors (Lipinski definition) is 2. The Labute approximate surface area is 215 Å². The number of anilines is 1. The number of nitrogens with one attached hydrogen (secondary N) is 1. The van der Waals surface area contributed by atoms with Crippen molar-refractivity contribution in [2.24, 2.45) is 11.7 Å². The van der Waals surface area contributed by atoms with E-state index in [0.29, 0.717) is 11.1 Å². The summed E-state index contributed by atoms with van der Waals surface area (Å²) >= 11 is 0. The van der Waals surface area contributed by atoms with Gasteiger partial charge in [-0.1, -0.05) is 62.4 Å². The van der Waals surface area contributed by atoms with E-state index in [9.17, 15) is 22.8 Å². The number of sulfone groups is 1. The Kier molecular flexibility index (Phi) is 8.44. The zero-order valence-corrected chi connectivity index (χ0v) is 21.5. The van der Waals surface area contributed by atoms with Gasteiger partial charge in [0.25, 0.3) is 0 Å². The molecule has 3 amide bonds. The molecule has 37 heavy (non-hydrogen) atoms. The van der Waals surface area contributed by atoms with Gasteiger partial charge >= 0.3 is 11.8 Å². The summed E-state index contributed by atoms with van der Waals surface area (Å²) in [7, 11) is -4.03. The van der Waals surface area contributed by atoms with Crippen molar-refractivity contribution in [2.45, 2.75) is 25.3 Å².